The van der Waals surface area contributed by atoms with Crippen molar-refractivity contribution in [2.24, 2.45) is 4.99 Å². The highest BCUT2D eigenvalue weighted by Crippen LogP contribution is 2.25. The number of aryl methyl sites for hydroxylation is 2. The van der Waals surface area contributed by atoms with E-state index in [-0.39, 0.29) is 0 Å². The first-order valence-electron chi connectivity index (χ1n) is 11.5. The molecule has 7 nitrogen and oxygen atoms in total. The number of imidazole rings is 1. The fourth-order valence-electron chi connectivity index (χ4n) is 4.18. The standard InChI is InChI=1S/C24H38N6O/c1-20-26-14-18-29(20)15-8-5-13-27-24(25-2)28-19-23(30-16-6-4-7-17-30)21-9-11-22(31-3)12-10-21/h9-12,14,18,23H,4-8,13,15-17,19H2,1-3H3,(H2,25,27,28). The van der Waals surface area contributed by atoms with E-state index in [9.17, 15) is 0 Å². The van der Waals surface area contributed by atoms with Gasteiger partial charge >= 0.3 is 0 Å². The molecular formula is C24H38N6O. The second-order valence-corrected chi connectivity index (χ2v) is 8.14. The summed E-state index contributed by atoms with van der Waals surface area (Å²) in [7, 11) is 3.55. The van der Waals surface area contributed by atoms with Gasteiger partial charge in [-0.15, -0.1) is 0 Å². The molecule has 2 N–H and O–H groups in total. The Labute approximate surface area is 186 Å². The molecule has 1 saturated heterocycles. The van der Waals surface area contributed by atoms with Gasteiger partial charge in [0.2, 0.25) is 0 Å². The second-order valence-electron chi connectivity index (χ2n) is 8.14. The molecule has 0 amide bonds. The molecule has 7 heteroatoms. The number of benzene rings is 1. The van der Waals surface area contributed by atoms with Crippen LogP contribution in [0.4, 0.5) is 0 Å². The Morgan fingerprint density at radius 1 is 1.13 bits per heavy atom. The number of rotatable bonds is 10. The van der Waals surface area contributed by atoms with Gasteiger partial charge in [-0.05, 0) is 63.4 Å². The number of likely N-dealkylation sites (tertiary alicyclic amines) is 1. The summed E-state index contributed by atoms with van der Waals surface area (Å²) in [4.78, 5) is 11.3. The summed E-state index contributed by atoms with van der Waals surface area (Å²) in [5, 5.41) is 7.03. The quantitative estimate of drug-likeness (QED) is 0.346. The Kier molecular flexibility index (Phi) is 9.21. The van der Waals surface area contributed by atoms with Crippen molar-refractivity contribution in [3.8, 4) is 5.75 Å². The molecule has 2 aromatic rings. The first-order chi connectivity index (χ1) is 15.2. The summed E-state index contributed by atoms with van der Waals surface area (Å²) in [6, 6.07) is 8.82. The van der Waals surface area contributed by atoms with E-state index in [4.69, 9.17) is 4.74 Å². The van der Waals surface area contributed by atoms with Crippen LogP contribution in [-0.2, 0) is 6.54 Å². The van der Waals surface area contributed by atoms with Gasteiger partial charge in [0, 0.05) is 39.1 Å². The number of methoxy groups -OCH3 is 1. The van der Waals surface area contributed by atoms with Crippen LogP contribution in [0.3, 0.4) is 0 Å². The van der Waals surface area contributed by atoms with Gasteiger partial charge in [-0.1, -0.05) is 18.6 Å². The van der Waals surface area contributed by atoms with E-state index in [1.165, 1.54) is 24.8 Å². The number of aliphatic imine (C=N–C) groups is 1. The van der Waals surface area contributed by atoms with Crippen molar-refractivity contribution in [1.82, 2.24) is 25.1 Å². The number of guanidine groups is 1. The number of hydrogen-bond donors (Lipinski definition) is 2. The number of aromatic nitrogens is 2. The molecule has 0 aliphatic carbocycles. The monoisotopic (exact) mass is 426 g/mol. The summed E-state index contributed by atoms with van der Waals surface area (Å²) in [5.41, 5.74) is 1.32. The Morgan fingerprint density at radius 3 is 2.55 bits per heavy atom. The van der Waals surface area contributed by atoms with E-state index in [2.05, 4.69) is 54.3 Å². The average molecular weight is 427 g/mol. The van der Waals surface area contributed by atoms with Gasteiger partial charge in [0.25, 0.3) is 0 Å². The molecule has 1 fully saturated rings. The largest absolute Gasteiger partial charge is 0.497 e. The molecule has 31 heavy (non-hydrogen) atoms. The number of unbranched alkanes of at least 4 members (excludes halogenated alkanes) is 1. The van der Waals surface area contributed by atoms with Crippen molar-refractivity contribution in [3.63, 3.8) is 0 Å². The van der Waals surface area contributed by atoms with Crippen LogP contribution < -0.4 is 15.4 Å². The Balaban J connectivity index is 1.49. The highest BCUT2D eigenvalue weighted by molar-refractivity contribution is 5.79. The van der Waals surface area contributed by atoms with Gasteiger partial charge in [-0.2, -0.15) is 0 Å². The predicted octanol–water partition coefficient (Wildman–Crippen LogP) is 3.37. The van der Waals surface area contributed by atoms with Crippen LogP contribution >= 0.6 is 0 Å². The minimum atomic E-state index is 0.328. The number of nitrogens with zero attached hydrogens (tertiary/aromatic N) is 4. The third-order valence-electron chi connectivity index (χ3n) is 6.06. The maximum Gasteiger partial charge on any atom is 0.191 e. The molecule has 1 atom stereocenters. The van der Waals surface area contributed by atoms with Crippen LogP contribution in [0.2, 0.25) is 0 Å². The number of hydrogen-bond acceptors (Lipinski definition) is 4. The summed E-state index contributed by atoms with van der Waals surface area (Å²) in [6.45, 7) is 7.10. The topological polar surface area (TPSA) is 66.7 Å². The molecule has 1 unspecified atom stereocenters. The number of piperidine rings is 1. The maximum absolute atomic E-state index is 5.34. The van der Waals surface area contributed by atoms with Crippen molar-refractivity contribution in [2.75, 3.05) is 40.3 Å². The lowest BCUT2D eigenvalue weighted by Gasteiger charge is -2.35. The van der Waals surface area contributed by atoms with Crippen molar-refractivity contribution in [3.05, 3.63) is 48.0 Å². The normalized spacial score (nSPS) is 16.2. The van der Waals surface area contributed by atoms with E-state index in [0.29, 0.717) is 6.04 Å². The van der Waals surface area contributed by atoms with E-state index in [1.54, 1.807) is 7.11 Å². The van der Waals surface area contributed by atoms with Gasteiger partial charge in [0.05, 0.1) is 13.2 Å². The molecule has 0 bridgehead atoms. The summed E-state index contributed by atoms with van der Waals surface area (Å²) in [6.07, 6.45) is 9.99. The minimum absolute atomic E-state index is 0.328. The lowest BCUT2D eigenvalue weighted by Crippen LogP contribution is -2.44. The third-order valence-corrected chi connectivity index (χ3v) is 6.06. The van der Waals surface area contributed by atoms with Crippen LogP contribution in [0.15, 0.2) is 41.7 Å². The predicted molar refractivity (Wildman–Crippen MR) is 127 cm³/mol. The van der Waals surface area contributed by atoms with Crippen LogP contribution in [0.5, 0.6) is 5.75 Å². The lowest BCUT2D eigenvalue weighted by atomic mass is 10.0. The average Bonchev–Trinajstić information content (AvgIpc) is 3.23. The van der Waals surface area contributed by atoms with Crippen LogP contribution in [0, 0.1) is 6.92 Å². The van der Waals surface area contributed by atoms with Gasteiger partial charge in [-0.25, -0.2) is 4.98 Å². The molecule has 1 aromatic heterocycles. The molecule has 0 spiro atoms. The third kappa shape index (κ3) is 6.99. The Morgan fingerprint density at radius 2 is 1.90 bits per heavy atom. The minimum Gasteiger partial charge on any atom is -0.497 e. The molecule has 1 aromatic carbocycles. The van der Waals surface area contributed by atoms with Crippen molar-refractivity contribution >= 4 is 5.96 Å². The van der Waals surface area contributed by atoms with E-state index in [0.717, 1.165) is 63.1 Å². The van der Waals surface area contributed by atoms with E-state index in [1.807, 2.05) is 26.4 Å². The highest BCUT2D eigenvalue weighted by Gasteiger charge is 2.22. The Hall–Kier alpha value is -2.54. The smallest absolute Gasteiger partial charge is 0.191 e. The fourth-order valence-corrected chi connectivity index (χ4v) is 4.18. The zero-order chi connectivity index (χ0) is 21.9. The summed E-state index contributed by atoms with van der Waals surface area (Å²) >= 11 is 0. The number of ether oxygens (including phenoxy) is 1. The molecule has 0 radical (unpaired) electrons. The van der Waals surface area contributed by atoms with E-state index >= 15 is 0 Å². The van der Waals surface area contributed by atoms with Gasteiger partial charge in [0.15, 0.2) is 5.96 Å². The molecule has 1 aliphatic heterocycles. The molecule has 3 rings (SSSR count). The SMILES string of the molecule is CN=C(NCCCCn1ccnc1C)NCC(c1ccc(OC)cc1)N1CCCCC1. The van der Waals surface area contributed by atoms with Crippen molar-refractivity contribution in [1.29, 1.82) is 0 Å². The zero-order valence-corrected chi connectivity index (χ0v) is 19.3. The van der Waals surface area contributed by atoms with Gasteiger partial charge in [0.1, 0.15) is 11.6 Å². The summed E-state index contributed by atoms with van der Waals surface area (Å²) in [5.74, 6) is 2.85. The highest BCUT2D eigenvalue weighted by atomic mass is 16.5. The Bertz CT molecular complexity index is 795. The molecule has 0 saturated carbocycles. The van der Waals surface area contributed by atoms with E-state index < -0.39 is 0 Å². The first kappa shape index (κ1) is 23.1. The van der Waals surface area contributed by atoms with Crippen LogP contribution in [0.25, 0.3) is 0 Å². The number of nitrogens with one attached hydrogen (secondary N) is 2. The van der Waals surface area contributed by atoms with Gasteiger partial charge < -0.3 is 19.9 Å². The molecule has 1 aliphatic rings. The molecular weight excluding hydrogens is 388 g/mol. The molecule has 170 valence electrons. The van der Waals surface area contributed by atoms with Crippen LogP contribution in [-0.4, -0.2) is 60.7 Å². The zero-order valence-electron chi connectivity index (χ0n) is 19.3. The van der Waals surface area contributed by atoms with Gasteiger partial charge in [-0.3, -0.25) is 9.89 Å². The van der Waals surface area contributed by atoms with Crippen molar-refractivity contribution in [2.45, 2.75) is 51.6 Å². The lowest BCUT2D eigenvalue weighted by molar-refractivity contribution is 0.164. The van der Waals surface area contributed by atoms with Crippen molar-refractivity contribution < 1.29 is 4.74 Å². The second kappa shape index (κ2) is 12.3. The first-order valence-corrected chi connectivity index (χ1v) is 11.5. The fraction of sp³-hybridized carbons (Fsp3) is 0.583. The molecule has 2 heterocycles. The summed E-state index contributed by atoms with van der Waals surface area (Å²) < 4.78 is 7.54. The van der Waals surface area contributed by atoms with Crippen LogP contribution in [0.1, 0.15) is 49.5 Å². The maximum atomic E-state index is 5.34.